The molecule has 0 saturated heterocycles. The number of ether oxygens (including phenoxy) is 1. The van der Waals surface area contributed by atoms with Crippen LogP contribution in [0.15, 0.2) is 36.4 Å². The molecule has 0 saturated carbocycles. The van der Waals surface area contributed by atoms with Crippen molar-refractivity contribution in [3.63, 3.8) is 0 Å². The second kappa shape index (κ2) is 6.55. The zero-order chi connectivity index (χ0) is 19.7. The van der Waals surface area contributed by atoms with Crippen molar-refractivity contribution in [2.75, 3.05) is 0 Å². The van der Waals surface area contributed by atoms with Crippen molar-refractivity contribution in [1.29, 1.82) is 5.26 Å². The van der Waals surface area contributed by atoms with E-state index in [-0.39, 0.29) is 11.8 Å². The Kier molecular flexibility index (Phi) is 4.80. The van der Waals surface area contributed by atoms with Crippen LogP contribution in [0, 0.1) is 21.4 Å². The molecule has 0 aliphatic heterocycles. The maximum Gasteiger partial charge on any atom is 0.416 e. The molecule has 2 rings (SSSR count). The summed E-state index contributed by atoms with van der Waals surface area (Å²) in [4.78, 5) is 9.86. The van der Waals surface area contributed by atoms with Crippen LogP contribution in [0.2, 0.25) is 0 Å². The smallest absolute Gasteiger partial charge is 0.416 e. The fraction of sp³-hybridized carbons (Fsp3) is 0.133. The first-order valence-corrected chi connectivity index (χ1v) is 6.57. The number of alkyl halides is 6. The van der Waals surface area contributed by atoms with Crippen molar-refractivity contribution in [1.82, 2.24) is 0 Å². The molecule has 0 heterocycles. The summed E-state index contributed by atoms with van der Waals surface area (Å²) in [5, 5.41) is 19.6. The molecule has 136 valence electrons. The predicted molar refractivity (Wildman–Crippen MR) is 74.3 cm³/mol. The minimum Gasteiger partial charge on any atom is -0.457 e. The van der Waals surface area contributed by atoms with Gasteiger partial charge >= 0.3 is 12.4 Å². The summed E-state index contributed by atoms with van der Waals surface area (Å²) in [5.41, 5.74) is -4.20. The Morgan fingerprint density at radius 2 is 1.46 bits per heavy atom. The van der Waals surface area contributed by atoms with Crippen LogP contribution in [0.5, 0.6) is 11.5 Å². The van der Waals surface area contributed by atoms with E-state index in [1.165, 1.54) is 6.07 Å². The molecular formula is C15H6F6N2O3. The summed E-state index contributed by atoms with van der Waals surface area (Å²) in [7, 11) is 0. The van der Waals surface area contributed by atoms with Crippen LogP contribution in [0.3, 0.4) is 0 Å². The van der Waals surface area contributed by atoms with Gasteiger partial charge in [-0.25, -0.2) is 0 Å². The van der Waals surface area contributed by atoms with Gasteiger partial charge in [0.05, 0.1) is 16.1 Å². The van der Waals surface area contributed by atoms with Gasteiger partial charge in [0.1, 0.15) is 23.1 Å². The van der Waals surface area contributed by atoms with E-state index in [0.717, 1.165) is 18.2 Å². The Labute approximate surface area is 141 Å². The van der Waals surface area contributed by atoms with Gasteiger partial charge in [-0.3, -0.25) is 10.1 Å². The molecule has 0 N–H and O–H groups in total. The number of nitriles is 1. The summed E-state index contributed by atoms with van der Waals surface area (Å²) in [6, 6.07) is 4.77. The highest BCUT2D eigenvalue weighted by Crippen LogP contribution is 2.39. The predicted octanol–water partition coefficient (Wildman–Crippen LogP) is 5.30. The summed E-state index contributed by atoms with van der Waals surface area (Å²) in [6.45, 7) is 0. The van der Waals surface area contributed by atoms with Gasteiger partial charge in [0, 0.05) is 12.1 Å². The Hall–Kier alpha value is -3.29. The van der Waals surface area contributed by atoms with Crippen molar-refractivity contribution in [2.45, 2.75) is 12.4 Å². The number of hydrogen-bond donors (Lipinski definition) is 0. The molecule has 0 bridgehead atoms. The van der Waals surface area contributed by atoms with E-state index >= 15 is 0 Å². The molecule has 5 nitrogen and oxygen atoms in total. The van der Waals surface area contributed by atoms with Gasteiger partial charge in [-0.15, -0.1) is 0 Å². The second-order valence-corrected chi connectivity index (χ2v) is 4.89. The molecule has 2 aromatic carbocycles. The number of nitro groups is 1. The zero-order valence-electron chi connectivity index (χ0n) is 12.4. The van der Waals surface area contributed by atoms with E-state index in [2.05, 4.69) is 0 Å². The van der Waals surface area contributed by atoms with E-state index in [9.17, 15) is 36.5 Å². The molecule has 0 aliphatic rings. The van der Waals surface area contributed by atoms with Gasteiger partial charge in [0.2, 0.25) is 0 Å². The number of rotatable bonds is 3. The summed E-state index contributed by atoms with van der Waals surface area (Å²) in [5.74, 6) is -1.12. The molecule has 2 aromatic rings. The minimum atomic E-state index is -5.05. The molecule has 0 unspecified atom stereocenters. The van der Waals surface area contributed by atoms with Crippen LogP contribution in [0.25, 0.3) is 0 Å². The molecule has 0 fully saturated rings. The Morgan fingerprint density at radius 3 is 1.88 bits per heavy atom. The summed E-state index contributed by atoms with van der Waals surface area (Å²) >= 11 is 0. The van der Waals surface area contributed by atoms with E-state index in [1.807, 2.05) is 0 Å². The van der Waals surface area contributed by atoms with Gasteiger partial charge in [-0.2, -0.15) is 31.6 Å². The topological polar surface area (TPSA) is 76.2 Å². The van der Waals surface area contributed by atoms with Gasteiger partial charge in [-0.05, 0) is 24.3 Å². The maximum atomic E-state index is 12.8. The van der Waals surface area contributed by atoms with Crippen molar-refractivity contribution in [3.05, 3.63) is 63.2 Å². The quantitative estimate of drug-likeness (QED) is 0.414. The van der Waals surface area contributed by atoms with Crippen LogP contribution in [-0.4, -0.2) is 4.92 Å². The first-order valence-electron chi connectivity index (χ1n) is 6.57. The summed E-state index contributed by atoms with van der Waals surface area (Å²) < 4.78 is 81.7. The standard InChI is InChI=1S/C15H6F6N2O3/c16-14(17,18)9-4-10(15(19,20)21)6-12(5-9)26-11-1-2-13(23(24)25)8(3-11)7-22/h1-6H. The maximum absolute atomic E-state index is 12.8. The van der Waals surface area contributed by atoms with E-state index in [4.69, 9.17) is 10.00 Å². The molecule has 0 aliphatic carbocycles. The number of nitro benzene ring substituents is 1. The van der Waals surface area contributed by atoms with Crippen molar-refractivity contribution < 1.29 is 36.0 Å². The van der Waals surface area contributed by atoms with Crippen LogP contribution < -0.4 is 4.74 Å². The molecule has 0 spiro atoms. The summed E-state index contributed by atoms with van der Waals surface area (Å²) in [6.07, 6.45) is -10.1. The zero-order valence-corrected chi connectivity index (χ0v) is 12.4. The van der Waals surface area contributed by atoms with Gasteiger partial charge < -0.3 is 4.74 Å². The van der Waals surface area contributed by atoms with Crippen molar-refractivity contribution in [2.24, 2.45) is 0 Å². The van der Waals surface area contributed by atoms with E-state index in [0.29, 0.717) is 12.1 Å². The number of halogens is 6. The lowest BCUT2D eigenvalue weighted by Gasteiger charge is -2.14. The third-order valence-electron chi connectivity index (χ3n) is 3.08. The largest absolute Gasteiger partial charge is 0.457 e. The number of nitrogens with zero attached hydrogens (tertiary/aromatic N) is 2. The molecule has 0 amide bonds. The molecule has 26 heavy (non-hydrogen) atoms. The van der Waals surface area contributed by atoms with Crippen LogP contribution in [0.1, 0.15) is 16.7 Å². The highest BCUT2D eigenvalue weighted by Gasteiger charge is 2.37. The van der Waals surface area contributed by atoms with Gasteiger partial charge in [-0.1, -0.05) is 0 Å². The van der Waals surface area contributed by atoms with Gasteiger partial charge in [0.25, 0.3) is 5.69 Å². The second-order valence-electron chi connectivity index (χ2n) is 4.89. The number of benzene rings is 2. The lowest BCUT2D eigenvalue weighted by Crippen LogP contribution is -2.11. The monoisotopic (exact) mass is 376 g/mol. The SMILES string of the molecule is N#Cc1cc(Oc2cc(C(F)(F)F)cc(C(F)(F)F)c2)ccc1[N+](=O)[O-]. The lowest BCUT2D eigenvalue weighted by molar-refractivity contribution is -0.385. The van der Waals surface area contributed by atoms with Crippen LogP contribution >= 0.6 is 0 Å². The molecule has 0 atom stereocenters. The normalized spacial score (nSPS) is 11.7. The average molecular weight is 376 g/mol. The molecule has 0 radical (unpaired) electrons. The van der Waals surface area contributed by atoms with Crippen LogP contribution in [-0.2, 0) is 12.4 Å². The van der Waals surface area contributed by atoms with Crippen molar-refractivity contribution in [3.8, 4) is 17.6 Å². The lowest BCUT2D eigenvalue weighted by atomic mass is 10.1. The minimum absolute atomic E-state index is 0.0661. The fourth-order valence-electron chi connectivity index (χ4n) is 1.95. The van der Waals surface area contributed by atoms with E-state index in [1.54, 1.807) is 0 Å². The Bertz CT molecular complexity index is 867. The molecule has 11 heteroatoms. The highest BCUT2D eigenvalue weighted by atomic mass is 19.4. The Morgan fingerprint density at radius 1 is 0.923 bits per heavy atom. The molecular weight excluding hydrogens is 370 g/mol. The highest BCUT2D eigenvalue weighted by molar-refractivity contribution is 5.53. The fourth-order valence-corrected chi connectivity index (χ4v) is 1.95. The first-order chi connectivity index (χ1) is 11.9. The third-order valence-corrected chi connectivity index (χ3v) is 3.08. The first kappa shape index (κ1) is 19.0. The van der Waals surface area contributed by atoms with E-state index < -0.39 is 45.4 Å². The average Bonchev–Trinajstić information content (AvgIpc) is 2.52. The van der Waals surface area contributed by atoms with Crippen LogP contribution in [0.4, 0.5) is 32.0 Å². The number of hydrogen-bond acceptors (Lipinski definition) is 4. The van der Waals surface area contributed by atoms with Gasteiger partial charge in [0.15, 0.2) is 0 Å². The molecule has 0 aromatic heterocycles. The Balaban J connectivity index is 2.50. The van der Waals surface area contributed by atoms with Crippen molar-refractivity contribution >= 4 is 5.69 Å². The third kappa shape index (κ3) is 4.21.